The zero-order valence-corrected chi connectivity index (χ0v) is 10.1. The molecule has 0 aliphatic heterocycles. The van der Waals surface area contributed by atoms with Gasteiger partial charge in [0.25, 0.3) is 0 Å². The summed E-state index contributed by atoms with van der Waals surface area (Å²) in [5.41, 5.74) is 0.694. The SMILES string of the molecule is COc1cc(Br)c2c(c1)CCC(F)(F)C2=O. The highest BCUT2D eigenvalue weighted by Gasteiger charge is 2.44. The first-order chi connectivity index (χ1) is 7.45. The first kappa shape index (κ1) is 11.5. The molecule has 0 heterocycles. The summed E-state index contributed by atoms with van der Waals surface area (Å²) in [5, 5.41) is 0. The zero-order valence-electron chi connectivity index (χ0n) is 8.52. The normalized spacial score (nSPS) is 18.1. The van der Waals surface area contributed by atoms with E-state index in [0.717, 1.165) is 0 Å². The number of rotatable bonds is 1. The Bertz CT molecular complexity index is 458. The van der Waals surface area contributed by atoms with E-state index in [1.165, 1.54) is 13.2 Å². The van der Waals surface area contributed by atoms with Crippen LogP contribution in [0.5, 0.6) is 5.75 Å². The van der Waals surface area contributed by atoms with Crippen LogP contribution in [0.4, 0.5) is 8.78 Å². The van der Waals surface area contributed by atoms with Crippen molar-refractivity contribution in [2.75, 3.05) is 7.11 Å². The van der Waals surface area contributed by atoms with Crippen LogP contribution in [0.15, 0.2) is 16.6 Å². The second-order valence-corrected chi connectivity index (χ2v) is 4.53. The number of carbonyl (C=O) groups is 1. The summed E-state index contributed by atoms with van der Waals surface area (Å²) in [7, 11) is 1.49. The Morgan fingerprint density at radius 3 is 2.75 bits per heavy atom. The molecule has 86 valence electrons. The number of hydrogen-bond donors (Lipinski definition) is 0. The maximum absolute atomic E-state index is 13.2. The predicted octanol–water partition coefficient (Wildman–Crippen LogP) is 3.22. The van der Waals surface area contributed by atoms with Crippen LogP contribution < -0.4 is 4.74 Å². The first-order valence-electron chi connectivity index (χ1n) is 4.75. The molecule has 0 aromatic heterocycles. The van der Waals surface area contributed by atoms with Gasteiger partial charge in [-0.3, -0.25) is 4.79 Å². The number of methoxy groups -OCH3 is 1. The highest BCUT2D eigenvalue weighted by atomic mass is 79.9. The maximum Gasteiger partial charge on any atom is 0.310 e. The number of hydrogen-bond acceptors (Lipinski definition) is 2. The molecule has 0 bridgehead atoms. The third-order valence-corrected chi connectivity index (χ3v) is 3.27. The third kappa shape index (κ3) is 1.73. The summed E-state index contributed by atoms with van der Waals surface area (Å²) in [6, 6.07) is 3.16. The van der Waals surface area contributed by atoms with Gasteiger partial charge in [-0.1, -0.05) is 0 Å². The molecule has 0 atom stereocenters. The molecule has 5 heteroatoms. The lowest BCUT2D eigenvalue weighted by molar-refractivity contribution is 0.00190. The monoisotopic (exact) mass is 290 g/mol. The number of carbonyl (C=O) groups excluding carboxylic acids is 1. The zero-order chi connectivity index (χ0) is 11.9. The van der Waals surface area contributed by atoms with E-state index >= 15 is 0 Å². The van der Waals surface area contributed by atoms with Crippen molar-refractivity contribution < 1.29 is 18.3 Å². The van der Waals surface area contributed by atoms with Gasteiger partial charge in [-0.2, -0.15) is 8.78 Å². The molecule has 0 fully saturated rings. The summed E-state index contributed by atoms with van der Waals surface area (Å²) in [4.78, 5) is 11.5. The molecule has 1 aliphatic carbocycles. The average molecular weight is 291 g/mol. The van der Waals surface area contributed by atoms with Gasteiger partial charge in [0.1, 0.15) is 5.75 Å². The van der Waals surface area contributed by atoms with Crippen LogP contribution in [-0.4, -0.2) is 18.8 Å². The van der Waals surface area contributed by atoms with E-state index < -0.39 is 18.1 Å². The smallest absolute Gasteiger partial charge is 0.310 e. The van der Waals surface area contributed by atoms with E-state index in [-0.39, 0.29) is 12.0 Å². The summed E-state index contributed by atoms with van der Waals surface area (Å²) in [6.07, 6.45) is -0.248. The van der Waals surface area contributed by atoms with Gasteiger partial charge < -0.3 is 4.74 Å². The van der Waals surface area contributed by atoms with Crippen molar-refractivity contribution in [2.24, 2.45) is 0 Å². The van der Waals surface area contributed by atoms with Gasteiger partial charge in [0.05, 0.1) is 7.11 Å². The van der Waals surface area contributed by atoms with Crippen LogP contribution >= 0.6 is 15.9 Å². The predicted molar refractivity (Wildman–Crippen MR) is 58.3 cm³/mol. The minimum Gasteiger partial charge on any atom is -0.497 e. The molecule has 0 amide bonds. The van der Waals surface area contributed by atoms with Crippen molar-refractivity contribution in [1.82, 2.24) is 0 Å². The fraction of sp³-hybridized carbons (Fsp3) is 0.364. The number of halogens is 3. The van der Waals surface area contributed by atoms with Crippen molar-refractivity contribution in [3.8, 4) is 5.75 Å². The van der Waals surface area contributed by atoms with Crippen molar-refractivity contribution >= 4 is 21.7 Å². The number of benzene rings is 1. The van der Waals surface area contributed by atoms with Crippen LogP contribution in [0.3, 0.4) is 0 Å². The average Bonchev–Trinajstić information content (AvgIpc) is 2.23. The lowest BCUT2D eigenvalue weighted by Gasteiger charge is -2.24. The van der Waals surface area contributed by atoms with Crippen molar-refractivity contribution in [3.05, 3.63) is 27.7 Å². The van der Waals surface area contributed by atoms with Crippen LogP contribution in [0, 0.1) is 0 Å². The Morgan fingerprint density at radius 2 is 2.12 bits per heavy atom. The Kier molecular flexibility index (Phi) is 2.74. The van der Waals surface area contributed by atoms with Crippen LogP contribution in [0.25, 0.3) is 0 Å². The number of fused-ring (bicyclic) bond motifs is 1. The fourth-order valence-electron chi connectivity index (χ4n) is 1.79. The van der Waals surface area contributed by atoms with E-state index in [0.29, 0.717) is 15.8 Å². The van der Waals surface area contributed by atoms with Crippen LogP contribution in [-0.2, 0) is 6.42 Å². The second kappa shape index (κ2) is 3.80. The van der Waals surface area contributed by atoms with Crippen molar-refractivity contribution in [3.63, 3.8) is 0 Å². The van der Waals surface area contributed by atoms with E-state index in [1.807, 2.05) is 0 Å². The molecular formula is C11H9BrF2O2. The van der Waals surface area contributed by atoms with Crippen molar-refractivity contribution in [1.29, 1.82) is 0 Å². The highest BCUT2D eigenvalue weighted by molar-refractivity contribution is 9.10. The van der Waals surface area contributed by atoms with Gasteiger partial charge in [0, 0.05) is 16.5 Å². The number of ether oxygens (including phenoxy) is 1. The molecule has 2 rings (SSSR count). The molecule has 0 unspecified atom stereocenters. The van der Waals surface area contributed by atoms with E-state index in [1.54, 1.807) is 6.07 Å². The quantitative estimate of drug-likeness (QED) is 0.794. The number of aryl methyl sites for hydroxylation is 1. The molecular weight excluding hydrogens is 282 g/mol. The van der Waals surface area contributed by atoms with Gasteiger partial charge in [0.15, 0.2) is 0 Å². The van der Waals surface area contributed by atoms with Gasteiger partial charge in [-0.15, -0.1) is 0 Å². The summed E-state index contributed by atoms with van der Waals surface area (Å²) in [6.45, 7) is 0. The first-order valence-corrected chi connectivity index (χ1v) is 5.54. The minimum absolute atomic E-state index is 0.0806. The molecule has 0 saturated carbocycles. The second-order valence-electron chi connectivity index (χ2n) is 3.68. The lowest BCUT2D eigenvalue weighted by Crippen LogP contribution is -2.34. The topological polar surface area (TPSA) is 26.3 Å². The fourth-order valence-corrected chi connectivity index (χ4v) is 2.45. The largest absolute Gasteiger partial charge is 0.497 e. The highest BCUT2D eigenvalue weighted by Crippen LogP contribution is 2.38. The molecule has 2 nitrogen and oxygen atoms in total. The van der Waals surface area contributed by atoms with Crippen LogP contribution in [0.1, 0.15) is 22.3 Å². The Balaban J connectivity index is 2.57. The number of Topliss-reactive ketones (excluding diaryl/α,β-unsaturated/α-hetero) is 1. The van der Waals surface area contributed by atoms with Gasteiger partial charge in [0.2, 0.25) is 5.78 Å². The Morgan fingerprint density at radius 1 is 1.44 bits per heavy atom. The molecule has 0 N–H and O–H groups in total. The van der Waals surface area contributed by atoms with E-state index in [4.69, 9.17) is 4.74 Å². The molecule has 0 radical (unpaired) electrons. The van der Waals surface area contributed by atoms with E-state index in [9.17, 15) is 13.6 Å². The van der Waals surface area contributed by atoms with E-state index in [2.05, 4.69) is 15.9 Å². The van der Waals surface area contributed by atoms with Crippen LogP contribution in [0.2, 0.25) is 0 Å². The Hall–Kier alpha value is -0.970. The lowest BCUT2D eigenvalue weighted by atomic mass is 9.88. The molecule has 0 spiro atoms. The summed E-state index contributed by atoms with van der Waals surface area (Å²) < 4.78 is 31.9. The standard InChI is InChI=1S/C11H9BrF2O2/c1-16-7-4-6-2-3-11(13,14)10(15)9(6)8(12)5-7/h4-5H,2-3H2,1H3. The third-order valence-electron chi connectivity index (χ3n) is 2.65. The molecule has 1 aliphatic rings. The van der Waals surface area contributed by atoms with Crippen molar-refractivity contribution in [2.45, 2.75) is 18.8 Å². The minimum atomic E-state index is -3.25. The summed E-state index contributed by atoms with van der Waals surface area (Å²) in [5.74, 6) is -3.80. The summed E-state index contributed by atoms with van der Waals surface area (Å²) >= 11 is 3.13. The molecule has 1 aromatic rings. The molecule has 1 aromatic carbocycles. The molecule has 0 saturated heterocycles. The number of alkyl halides is 2. The van der Waals surface area contributed by atoms with Gasteiger partial charge in [-0.05, 0) is 40.0 Å². The van der Waals surface area contributed by atoms with Gasteiger partial charge >= 0.3 is 5.92 Å². The Labute approximate surface area is 99.7 Å². The van der Waals surface area contributed by atoms with Gasteiger partial charge in [-0.25, -0.2) is 0 Å². The molecule has 16 heavy (non-hydrogen) atoms. The maximum atomic E-state index is 13.2. The number of ketones is 1.